The van der Waals surface area contributed by atoms with E-state index in [4.69, 9.17) is 25.7 Å². The van der Waals surface area contributed by atoms with E-state index in [2.05, 4.69) is 47.2 Å². The number of carbonyl (C=O) groups is 2. The largest absolute Gasteiger partial charge is 0.506 e. The molecule has 5 atom stereocenters. The van der Waals surface area contributed by atoms with E-state index >= 15 is 0 Å². The first kappa shape index (κ1) is 59.0. The normalized spacial score (nSPS) is 12.5. The smallest absolute Gasteiger partial charge is 0.211 e. The molecule has 6 rings (SSSR count). The van der Waals surface area contributed by atoms with Crippen molar-refractivity contribution in [2.75, 3.05) is 50.8 Å². The van der Waals surface area contributed by atoms with Gasteiger partial charge in [-0.1, -0.05) is 54.6 Å². The molecule has 0 unspecified atom stereocenters. The number of phenols is 3. The van der Waals surface area contributed by atoms with Crippen molar-refractivity contribution in [1.82, 2.24) is 10.6 Å². The summed E-state index contributed by atoms with van der Waals surface area (Å²) in [5.41, 5.74) is 18.4. The summed E-state index contributed by atoms with van der Waals surface area (Å²) in [4.78, 5) is 20.6. The molecule has 0 radical (unpaired) electrons. The molecule has 0 aliphatic rings. The van der Waals surface area contributed by atoms with Gasteiger partial charge in [0.05, 0.1) is 50.6 Å². The van der Waals surface area contributed by atoms with Gasteiger partial charge in [0.25, 0.3) is 0 Å². The first-order chi connectivity index (χ1) is 34.5. The molecule has 72 heavy (non-hydrogen) atoms. The second-order valence-corrected chi connectivity index (χ2v) is 17.2. The molecule has 0 saturated carbocycles. The van der Waals surface area contributed by atoms with Crippen molar-refractivity contribution in [2.45, 2.75) is 83.7 Å². The summed E-state index contributed by atoms with van der Waals surface area (Å²) in [6.07, 6.45) is 3.29. The van der Waals surface area contributed by atoms with Crippen LogP contribution in [0, 0.1) is 0 Å². The molecule has 0 fully saturated rings. The van der Waals surface area contributed by atoms with E-state index in [1.807, 2.05) is 73.7 Å². The molecule has 2 amide bonds. The number of aliphatic hydroxyl groups excluding tert-OH is 2. The molecule has 6 aromatic carbocycles. The number of ether oxygens (including phenoxy) is 3. The van der Waals surface area contributed by atoms with Crippen molar-refractivity contribution < 1.29 is 49.3 Å². The molecule has 0 aliphatic heterocycles. The van der Waals surface area contributed by atoms with Crippen LogP contribution in [-0.2, 0) is 35.3 Å². The summed E-state index contributed by atoms with van der Waals surface area (Å²) in [5, 5.41) is 59.3. The maximum Gasteiger partial charge on any atom is 0.211 e. The van der Waals surface area contributed by atoms with Crippen LogP contribution in [-0.4, -0.2) is 90.9 Å². The fourth-order valence-electron chi connectivity index (χ4n) is 7.09. The Balaban J connectivity index is 0.000000265. The van der Waals surface area contributed by atoms with Crippen LogP contribution in [0.25, 0.3) is 0 Å². The van der Waals surface area contributed by atoms with Gasteiger partial charge in [0.1, 0.15) is 34.5 Å². The predicted molar refractivity (Wildman–Crippen MR) is 286 cm³/mol. The zero-order valence-electron chi connectivity index (χ0n) is 42.3. The fourth-order valence-corrected chi connectivity index (χ4v) is 7.09. The van der Waals surface area contributed by atoms with Gasteiger partial charge < -0.3 is 72.5 Å². The molecule has 0 saturated heterocycles. The average Bonchev–Trinajstić information content (AvgIpc) is 3.37. The standard InChI is InChI=1S/C19H24N2O3.C18H24N2O3.C10H15NO.C9H11NO3/c1-14(11-15-3-6-17(24-2)7-4-15)20-10-9-16-5-8-19(23)18(12-16)21-13-22;1-12(9-13-3-6-15(23-2)7-4-13)20-11-18(22)14-5-8-17(21)16(19)10-14;1-8(11)7-9-3-5-10(12-2)6-4-9;1-6(12)7-2-3-9(13)8(4-7)10-5-11/h3-8,12-14,20,23H,9-11H2,1-2H3,(H,21,22);3-8,10,12,18,20-22H,9,11,19H2,1-2H3;3-6,8H,7,11H2,1-2H3;2-6,12-13H,1H3,(H,10,11)/t14-;12-,18+;8-;6-/m1110/s1. The Hall–Kier alpha value is -7.34. The van der Waals surface area contributed by atoms with Crippen LogP contribution in [0.15, 0.2) is 127 Å². The van der Waals surface area contributed by atoms with Crippen LogP contribution in [0.3, 0.4) is 0 Å². The number of rotatable bonds is 22. The summed E-state index contributed by atoms with van der Waals surface area (Å²) in [7, 11) is 4.98. The minimum Gasteiger partial charge on any atom is -0.506 e. The van der Waals surface area contributed by atoms with E-state index in [-0.39, 0.29) is 35.0 Å². The summed E-state index contributed by atoms with van der Waals surface area (Å²) in [6, 6.07) is 39.4. The molecule has 388 valence electrons. The molecule has 0 aliphatic carbocycles. The Morgan fingerprint density at radius 2 is 0.944 bits per heavy atom. The van der Waals surface area contributed by atoms with Crippen molar-refractivity contribution in [2.24, 2.45) is 5.73 Å². The number of hydrogen-bond donors (Lipinski definition) is 11. The zero-order valence-corrected chi connectivity index (χ0v) is 42.3. The monoisotopic (exact) mass is 991 g/mol. The van der Waals surface area contributed by atoms with E-state index in [0.29, 0.717) is 47.9 Å². The number of aromatic hydroxyl groups is 3. The summed E-state index contributed by atoms with van der Waals surface area (Å²) >= 11 is 0. The second-order valence-electron chi connectivity index (χ2n) is 17.2. The summed E-state index contributed by atoms with van der Waals surface area (Å²) in [6.45, 7) is 9.08. The predicted octanol–water partition coefficient (Wildman–Crippen LogP) is 7.57. The van der Waals surface area contributed by atoms with Crippen LogP contribution >= 0.6 is 0 Å². The van der Waals surface area contributed by atoms with Crippen LogP contribution in [0.1, 0.15) is 73.3 Å². The minimum absolute atomic E-state index is 0.0171. The second kappa shape index (κ2) is 31.8. The van der Waals surface area contributed by atoms with Gasteiger partial charge in [-0.05, 0) is 166 Å². The maximum absolute atomic E-state index is 10.5. The molecule has 13 N–H and O–H groups in total. The first-order valence-electron chi connectivity index (χ1n) is 23.6. The highest BCUT2D eigenvalue weighted by Crippen LogP contribution is 2.27. The van der Waals surface area contributed by atoms with Gasteiger partial charge in [-0.15, -0.1) is 0 Å². The number of nitrogens with two attached hydrogens (primary N) is 2. The van der Waals surface area contributed by atoms with Crippen molar-refractivity contribution in [1.29, 1.82) is 0 Å². The van der Waals surface area contributed by atoms with Gasteiger partial charge in [0, 0.05) is 24.7 Å². The molecule has 0 aromatic heterocycles. The lowest BCUT2D eigenvalue weighted by molar-refractivity contribution is -0.106. The lowest BCUT2D eigenvalue weighted by Gasteiger charge is -2.18. The number of nitrogen functional groups attached to an aromatic ring is 1. The van der Waals surface area contributed by atoms with Gasteiger partial charge >= 0.3 is 0 Å². The van der Waals surface area contributed by atoms with Crippen molar-refractivity contribution in [3.05, 3.63) is 161 Å². The van der Waals surface area contributed by atoms with E-state index in [9.17, 15) is 35.1 Å². The molecule has 16 nitrogen and oxygen atoms in total. The Bertz CT molecular complexity index is 2490. The van der Waals surface area contributed by atoms with Gasteiger partial charge in [-0.2, -0.15) is 0 Å². The van der Waals surface area contributed by atoms with Gasteiger partial charge in [-0.3, -0.25) is 9.59 Å². The zero-order chi connectivity index (χ0) is 53.0. The number of amides is 2. The third-order valence-electron chi connectivity index (χ3n) is 11.1. The third kappa shape index (κ3) is 21.7. The number of anilines is 3. The van der Waals surface area contributed by atoms with E-state index in [1.165, 1.54) is 34.9 Å². The number of aliphatic hydroxyl groups is 2. The molecular weight excluding hydrogens is 917 g/mol. The van der Waals surface area contributed by atoms with Gasteiger partial charge in [0.15, 0.2) is 0 Å². The molecular formula is C56H74N6O10. The quantitative estimate of drug-likeness (QED) is 0.0178. The van der Waals surface area contributed by atoms with E-state index in [1.54, 1.807) is 58.6 Å². The molecule has 0 spiro atoms. The molecule has 0 heterocycles. The van der Waals surface area contributed by atoms with Crippen molar-refractivity contribution in [3.8, 4) is 34.5 Å². The Morgan fingerprint density at radius 1 is 0.528 bits per heavy atom. The SMILES string of the molecule is COc1ccc(C[C@@H](C)N)cc1.COc1ccc(C[C@@H](C)NCCc2ccc(O)c(NC=O)c2)cc1.COc1ccc(C[C@@H](C)NC[C@H](O)c2ccc(O)c(N)c2)cc1.C[C@H](O)c1ccc(O)c(NC=O)c1. The number of nitrogens with one attached hydrogen (secondary N) is 4. The van der Waals surface area contributed by atoms with Crippen LogP contribution in [0.5, 0.6) is 34.5 Å². The topological polar surface area (TPSA) is 263 Å². The highest BCUT2D eigenvalue weighted by Gasteiger charge is 2.12. The number of hydrogen-bond acceptors (Lipinski definition) is 14. The first-order valence-corrected chi connectivity index (χ1v) is 23.6. The van der Waals surface area contributed by atoms with Crippen molar-refractivity contribution >= 4 is 29.9 Å². The summed E-state index contributed by atoms with van der Waals surface area (Å²) in [5.74, 6) is 2.69. The number of carbonyl (C=O) groups excluding carboxylic acids is 2. The minimum atomic E-state index is -0.670. The van der Waals surface area contributed by atoms with Crippen molar-refractivity contribution in [3.63, 3.8) is 0 Å². The van der Waals surface area contributed by atoms with Crippen LogP contribution in [0.4, 0.5) is 17.1 Å². The lowest BCUT2D eigenvalue weighted by atomic mass is 10.1. The van der Waals surface area contributed by atoms with Crippen LogP contribution in [0.2, 0.25) is 0 Å². The highest BCUT2D eigenvalue weighted by molar-refractivity contribution is 5.76. The lowest BCUT2D eigenvalue weighted by Crippen LogP contribution is -2.32. The third-order valence-corrected chi connectivity index (χ3v) is 11.1. The Morgan fingerprint density at radius 3 is 1.39 bits per heavy atom. The fraction of sp³-hybridized carbons (Fsp3) is 0.321. The van der Waals surface area contributed by atoms with Crippen LogP contribution < -0.4 is 46.9 Å². The Kier molecular flexibility index (Phi) is 26.0. The van der Waals surface area contributed by atoms with E-state index < -0.39 is 12.2 Å². The number of methoxy groups -OCH3 is 3. The molecule has 6 aromatic rings. The maximum atomic E-state index is 10.5. The van der Waals surface area contributed by atoms with E-state index in [0.717, 1.165) is 55.0 Å². The average molecular weight is 991 g/mol. The van der Waals surface area contributed by atoms with Gasteiger partial charge in [0.2, 0.25) is 12.8 Å². The molecule has 0 bridgehead atoms. The number of benzene rings is 6. The summed E-state index contributed by atoms with van der Waals surface area (Å²) < 4.78 is 15.3. The van der Waals surface area contributed by atoms with Gasteiger partial charge in [-0.25, -0.2) is 0 Å². The molecule has 16 heteroatoms. The Labute approximate surface area is 424 Å². The number of phenolic OH excluding ortho intramolecular Hbond substituents is 3. The highest BCUT2D eigenvalue weighted by atomic mass is 16.5.